The molecule has 0 rings (SSSR count). The Labute approximate surface area is 177 Å². The zero-order chi connectivity index (χ0) is 22.3. The molecule has 0 fully saturated rings. The number of phosphoric ester groups is 1. The summed E-state index contributed by atoms with van der Waals surface area (Å²) in [6.45, 7) is 4.05. The molecule has 1 amide bonds. The number of hydrogen-bond donors (Lipinski definition) is 2. The van der Waals surface area contributed by atoms with Crippen molar-refractivity contribution in [2.75, 3.05) is 40.9 Å². The number of nitrogens with zero attached hydrogens (tertiary/aromatic N) is 1. The predicted molar refractivity (Wildman–Crippen MR) is 113 cm³/mol. The van der Waals surface area contributed by atoms with Gasteiger partial charge in [0.2, 0.25) is 5.91 Å². The number of carbonyl (C=O) groups is 1. The van der Waals surface area contributed by atoms with Gasteiger partial charge in [0.1, 0.15) is 13.2 Å². The third-order valence-electron chi connectivity index (χ3n) is 4.66. The van der Waals surface area contributed by atoms with Crippen LogP contribution in [0.3, 0.4) is 0 Å². The van der Waals surface area contributed by atoms with Crippen molar-refractivity contribution in [2.45, 2.75) is 83.8 Å². The second-order valence-corrected chi connectivity index (χ2v) is 10.0. The minimum absolute atomic E-state index is 0.0108. The van der Waals surface area contributed by atoms with Gasteiger partial charge in [0.15, 0.2) is 0 Å². The molecular weight excluding hydrogens is 395 g/mol. The van der Waals surface area contributed by atoms with Crippen LogP contribution >= 0.6 is 7.82 Å². The smallest absolute Gasteiger partial charge is 0.268 e. The molecule has 0 spiro atoms. The third-order valence-corrected chi connectivity index (χ3v) is 5.62. The summed E-state index contributed by atoms with van der Waals surface area (Å²) in [5.41, 5.74) is 0. The summed E-state index contributed by atoms with van der Waals surface area (Å²) >= 11 is 0. The van der Waals surface area contributed by atoms with Crippen LogP contribution in [0, 0.1) is 0 Å². The monoisotopic (exact) mass is 438 g/mol. The van der Waals surface area contributed by atoms with Crippen molar-refractivity contribution < 1.29 is 32.9 Å². The second-order valence-electron chi connectivity index (χ2n) is 8.60. The SMILES string of the molecule is CCCCCCCCCC(O)C(COP(=O)([O-])OCC[N+](C)(C)C)NC(=O)CC. The highest BCUT2D eigenvalue weighted by molar-refractivity contribution is 7.45. The molecule has 0 aromatic heterocycles. The van der Waals surface area contributed by atoms with E-state index in [-0.39, 0.29) is 25.5 Å². The highest BCUT2D eigenvalue weighted by Crippen LogP contribution is 2.38. The molecule has 3 atom stereocenters. The number of carbonyl (C=O) groups excluding carboxylic acids is 1. The van der Waals surface area contributed by atoms with Crippen LogP contribution in [0.2, 0.25) is 0 Å². The molecule has 8 nitrogen and oxygen atoms in total. The zero-order valence-electron chi connectivity index (χ0n) is 19.0. The van der Waals surface area contributed by atoms with Gasteiger partial charge in [-0.25, -0.2) is 0 Å². The van der Waals surface area contributed by atoms with E-state index in [9.17, 15) is 19.4 Å². The van der Waals surface area contributed by atoms with Gasteiger partial charge in [-0.1, -0.05) is 58.8 Å². The lowest BCUT2D eigenvalue weighted by Crippen LogP contribution is -2.46. The number of nitrogens with one attached hydrogen (secondary N) is 1. The summed E-state index contributed by atoms with van der Waals surface area (Å²) in [5.74, 6) is -0.260. The Bertz CT molecular complexity index is 484. The van der Waals surface area contributed by atoms with E-state index in [1.165, 1.54) is 25.7 Å². The fourth-order valence-electron chi connectivity index (χ4n) is 2.70. The summed E-state index contributed by atoms with van der Waals surface area (Å²) in [7, 11) is 1.29. The topological polar surface area (TPSA) is 108 Å². The molecule has 2 N–H and O–H groups in total. The molecule has 0 aromatic rings. The molecule has 0 bridgehead atoms. The maximum Gasteiger partial charge on any atom is 0.268 e. The molecule has 0 heterocycles. The second kappa shape index (κ2) is 15.3. The summed E-state index contributed by atoms with van der Waals surface area (Å²) in [4.78, 5) is 23.7. The highest BCUT2D eigenvalue weighted by Gasteiger charge is 2.23. The van der Waals surface area contributed by atoms with Crippen molar-refractivity contribution in [2.24, 2.45) is 0 Å². The van der Waals surface area contributed by atoms with Gasteiger partial charge in [-0.2, -0.15) is 0 Å². The van der Waals surface area contributed by atoms with Crippen LogP contribution in [0.15, 0.2) is 0 Å². The van der Waals surface area contributed by atoms with E-state index >= 15 is 0 Å². The van der Waals surface area contributed by atoms with Crippen LogP contribution in [-0.4, -0.2) is 68.5 Å². The molecule has 174 valence electrons. The number of quaternary nitrogens is 1. The Morgan fingerprint density at radius 2 is 1.66 bits per heavy atom. The van der Waals surface area contributed by atoms with Crippen molar-refractivity contribution in [3.63, 3.8) is 0 Å². The first-order valence-electron chi connectivity index (χ1n) is 10.9. The number of hydrogen-bond acceptors (Lipinski definition) is 6. The van der Waals surface area contributed by atoms with Gasteiger partial charge in [-0.3, -0.25) is 9.36 Å². The molecule has 3 unspecified atom stereocenters. The standard InChI is InChI=1S/C20H43N2O6P/c1-6-8-9-10-11-12-13-14-19(23)18(21-20(24)7-2)17-28-29(25,26)27-16-15-22(3,4)5/h18-19,23H,6-17H2,1-5H3,(H-,21,24,25,26). The van der Waals surface area contributed by atoms with Gasteiger partial charge >= 0.3 is 0 Å². The van der Waals surface area contributed by atoms with E-state index in [4.69, 9.17) is 9.05 Å². The lowest BCUT2D eigenvalue weighted by Gasteiger charge is -2.30. The summed E-state index contributed by atoms with van der Waals surface area (Å²) in [5, 5.41) is 13.1. The molecule has 0 saturated carbocycles. The number of unbranched alkanes of at least 4 members (excludes halogenated alkanes) is 6. The van der Waals surface area contributed by atoms with E-state index in [1.54, 1.807) is 6.92 Å². The minimum Gasteiger partial charge on any atom is -0.756 e. The molecule has 9 heteroatoms. The molecule has 0 saturated heterocycles. The maximum absolute atomic E-state index is 12.0. The number of aliphatic hydroxyl groups excluding tert-OH is 1. The molecule has 0 aliphatic carbocycles. The quantitative estimate of drug-likeness (QED) is 0.193. The molecule has 0 aromatic carbocycles. The van der Waals surface area contributed by atoms with Crippen LogP contribution in [0.1, 0.15) is 71.6 Å². The van der Waals surface area contributed by atoms with Crippen molar-refractivity contribution >= 4 is 13.7 Å². The normalized spacial score (nSPS) is 16.2. The molecular formula is C20H43N2O6P. The van der Waals surface area contributed by atoms with Gasteiger partial charge in [-0.05, 0) is 6.42 Å². The number of phosphoric acid groups is 1. The summed E-state index contributed by atoms with van der Waals surface area (Å²) in [6, 6.07) is -0.785. The van der Waals surface area contributed by atoms with Crippen LogP contribution in [0.4, 0.5) is 0 Å². The van der Waals surface area contributed by atoms with Crippen LogP contribution in [-0.2, 0) is 18.4 Å². The van der Waals surface area contributed by atoms with Gasteiger partial charge < -0.3 is 28.8 Å². The van der Waals surface area contributed by atoms with E-state index in [2.05, 4.69) is 12.2 Å². The minimum atomic E-state index is -4.49. The lowest BCUT2D eigenvalue weighted by molar-refractivity contribution is -0.870. The fraction of sp³-hybridized carbons (Fsp3) is 0.950. The number of rotatable bonds is 18. The highest BCUT2D eigenvalue weighted by atomic mass is 31.2. The Morgan fingerprint density at radius 3 is 2.21 bits per heavy atom. The average Bonchev–Trinajstić information content (AvgIpc) is 2.62. The first kappa shape index (κ1) is 28.5. The molecule has 0 aliphatic heterocycles. The summed E-state index contributed by atoms with van der Waals surface area (Å²) < 4.78 is 22.3. The van der Waals surface area contributed by atoms with Crippen LogP contribution in [0.25, 0.3) is 0 Å². The Morgan fingerprint density at radius 1 is 1.07 bits per heavy atom. The van der Waals surface area contributed by atoms with E-state index in [1.807, 2.05) is 21.1 Å². The Balaban J connectivity index is 4.45. The first-order chi connectivity index (χ1) is 13.5. The van der Waals surface area contributed by atoms with E-state index in [0.717, 1.165) is 19.3 Å². The summed E-state index contributed by atoms with van der Waals surface area (Å²) in [6.07, 6.45) is 7.68. The van der Waals surface area contributed by atoms with Gasteiger partial charge in [-0.15, -0.1) is 0 Å². The Kier molecular flexibility index (Phi) is 15.1. The Hall–Kier alpha value is -0.500. The average molecular weight is 439 g/mol. The number of likely N-dealkylation sites (N-methyl/N-ethyl adjacent to an activating group) is 1. The van der Waals surface area contributed by atoms with E-state index in [0.29, 0.717) is 17.4 Å². The van der Waals surface area contributed by atoms with Gasteiger partial charge in [0.25, 0.3) is 7.82 Å². The lowest BCUT2D eigenvalue weighted by atomic mass is 10.0. The van der Waals surface area contributed by atoms with Gasteiger partial charge in [0.05, 0.1) is 39.9 Å². The molecule has 0 radical (unpaired) electrons. The predicted octanol–water partition coefficient (Wildman–Crippen LogP) is 2.59. The van der Waals surface area contributed by atoms with Crippen molar-refractivity contribution in [1.29, 1.82) is 0 Å². The number of amides is 1. The van der Waals surface area contributed by atoms with Gasteiger partial charge in [0, 0.05) is 6.42 Å². The van der Waals surface area contributed by atoms with Crippen molar-refractivity contribution in [3.05, 3.63) is 0 Å². The van der Waals surface area contributed by atoms with E-state index < -0.39 is 20.0 Å². The van der Waals surface area contributed by atoms with Crippen molar-refractivity contribution in [3.8, 4) is 0 Å². The van der Waals surface area contributed by atoms with Crippen LogP contribution < -0.4 is 10.2 Å². The maximum atomic E-state index is 12.0. The molecule has 0 aliphatic rings. The first-order valence-corrected chi connectivity index (χ1v) is 12.3. The van der Waals surface area contributed by atoms with Crippen molar-refractivity contribution in [1.82, 2.24) is 5.32 Å². The zero-order valence-corrected chi connectivity index (χ0v) is 19.9. The fourth-order valence-corrected chi connectivity index (χ4v) is 3.43. The number of aliphatic hydroxyl groups is 1. The third kappa shape index (κ3) is 16.9. The molecule has 29 heavy (non-hydrogen) atoms. The largest absolute Gasteiger partial charge is 0.756 e. The van der Waals surface area contributed by atoms with Crippen LogP contribution in [0.5, 0.6) is 0 Å².